The van der Waals surface area contributed by atoms with Crippen LogP contribution in [0.25, 0.3) is 0 Å². The molecule has 0 aliphatic carbocycles. The number of rotatable bonds is 1. The quantitative estimate of drug-likeness (QED) is 0.428. The summed E-state index contributed by atoms with van der Waals surface area (Å²) in [6.45, 7) is 1.42. The van der Waals surface area contributed by atoms with Gasteiger partial charge in [0.25, 0.3) is 0 Å². The first-order valence-corrected chi connectivity index (χ1v) is 3.38. The fourth-order valence-corrected chi connectivity index (χ4v) is 1.09. The summed E-state index contributed by atoms with van der Waals surface area (Å²) < 4.78 is 0. The molecule has 6 N–H and O–H groups in total. The van der Waals surface area contributed by atoms with Crippen molar-refractivity contribution >= 4 is 5.97 Å². The van der Waals surface area contributed by atoms with Gasteiger partial charge in [-0.3, -0.25) is 4.79 Å². The molecule has 66 valence electrons. The van der Waals surface area contributed by atoms with E-state index in [-0.39, 0.29) is 5.48 Å². The highest BCUT2D eigenvalue weighted by molar-refractivity contribution is 5.78. The summed E-state index contributed by atoms with van der Waals surface area (Å²) in [4.78, 5) is 10.5. The maximum absolute atomic E-state index is 10.5. The number of nitrogens with two attached hydrogens (primary N) is 1. The van der Waals surface area contributed by atoms with Gasteiger partial charge in [0.2, 0.25) is 0 Å². The molecular formula is C6H14N2O3. The number of nitrogens with one attached hydrogen (secondary N) is 1. The second-order valence-electron chi connectivity index (χ2n) is 2.71. The van der Waals surface area contributed by atoms with E-state index < -0.39 is 11.5 Å². The molecule has 0 spiro atoms. The van der Waals surface area contributed by atoms with Crippen molar-refractivity contribution in [3.8, 4) is 0 Å². The first-order valence-electron chi connectivity index (χ1n) is 3.38. The predicted molar refractivity (Wildman–Crippen MR) is 40.3 cm³/mol. The molecule has 0 amide bonds. The zero-order valence-electron chi connectivity index (χ0n) is 6.26. The first-order chi connectivity index (χ1) is 4.65. The molecule has 1 fully saturated rings. The lowest BCUT2D eigenvalue weighted by Crippen LogP contribution is -2.54. The van der Waals surface area contributed by atoms with E-state index in [1.54, 1.807) is 0 Å². The Balaban J connectivity index is 0.000001000. The molecule has 1 saturated heterocycles. The average molecular weight is 162 g/mol. The maximum atomic E-state index is 10.5. The largest absolute Gasteiger partial charge is 0.480 e. The summed E-state index contributed by atoms with van der Waals surface area (Å²) >= 11 is 0. The molecular weight excluding hydrogens is 148 g/mol. The highest BCUT2D eigenvalue weighted by Gasteiger charge is 2.34. The first kappa shape index (κ1) is 10.3. The Bertz CT molecular complexity index is 143. The molecule has 1 aliphatic rings. The zero-order valence-corrected chi connectivity index (χ0v) is 6.26. The maximum Gasteiger partial charge on any atom is 0.323 e. The van der Waals surface area contributed by atoms with E-state index in [4.69, 9.17) is 10.8 Å². The van der Waals surface area contributed by atoms with Crippen molar-refractivity contribution in [2.45, 2.75) is 18.4 Å². The lowest BCUT2D eigenvalue weighted by Gasteiger charge is -2.29. The lowest BCUT2D eigenvalue weighted by molar-refractivity contribution is -0.144. The fraction of sp³-hybridized carbons (Fsp3) is 0.833. The molecule has 1 heterocycles. The van der Waals surface area contributed by atoms with Crippen LogP contribution in [0.4, 0.5) is 0 Å². The summed E-state index contributed by atoms with van der Waals surface area (Å²) in [6, 6.07) is 0. The lowest BCUT2D eigenvalue weighted by atomic mass is 9.90. The van der Waals surface area contributed by atoms with Crippen LogP contribution in [-0.2, 0) is 4.79 Å². The minimum atomic E-state index is -0.967. The van der Waals surface area contributed by atoms with Crippen LogP contribution < -0.4 is 11.1 Å². The van der Waals surface area contributed by atoms with Crippen LogP contribution in [0.15, 0.2) is 0 Å². The molecule has 5 heteroatoms. The van der Waals surface area contributed by atoms with Gasteiger partial charge in [-0.15, -0.1) is 0 Å². The van der Waals surface area contributed by atoms with Gasteiger partial charge in [-0.05, 0) is 25.9 Å². The van der Waals surface area contributed by atoms with Crippen LogP contribution in [0, 0.1) is 0 Å². The molecule has 0 atom stereocenters. The van der Waals surface area contributed by atoms with E-state index in [0.29, 0.717) is 25.9 Å². The SMILES string of the molecule is NC1(C(=O)O)CCNCC1.O. The second-order valence-corrected chi connectivity index (χ2v) is 2.71. The zero-order chi connectivity index (χ0) is 7.61. The Morgan fingerprint density at radius 2 is 1.91 bits per heavy atom. The highest BCUT2D eigenvalue weighted by atomic mass is 16.4. The molecule has 1 aliphatic heterocycles. The number of carbonyl (C=O) groups is 1. The third-order valence-electron chi connectivity index (χ3n) is 1.92. The Morgan fingerprint density at radius 1 is 1.45 bits per heavy atom. The normalized spacial score (nSPS) is 21.9. The number of hydrogen-bond acceptors (Lipinski definition) is 3. The van der Waals surface area contributed by atoms with Gasteiger partial charge in [-0.1, -0.05) is 0 Å². The van der Waals surface area contributed by atoms with Gasteiger partial charge in [0.05, 0.1) is 0 Å². The summed E-state index contributed by atoms with van der Waals surface area (Å²) in [6.07, 6.45) is 1.06. The predicted octanol–water partition coefficient (Wildman–Crippen LogP) is -1.67. The van der Waals surface area contributed by atoms with Crippen LogP contribution in [0.2, 0.25) is 0 Å². The van der Waals surface area contributed by atoms with Crippen LogP contribution in [0.3, 0.4) is 0 Å². The topological polar surface area (TPSA) is 107 Å². The van der Waals surface area contributed by atoms with E-state index in [9.17, 15) is 4.79 Å². The number of aliphatic carboxylic acids is 1. The molecule has 0 aromatic rings. The van der Waals surface area contributed by atoms with Crippen LogP contribution in [0.1, 0.15) is 12.8 Å². The molecule has 0 aromatic carbocycles. The van der Waals surface area contributed by atoms with Gasteiger partial charge in [-0.25, -0.2) is 0 Å². The van der Waals surface area contributed by atoms with Crippen LogP contribution in [0.5, 0.6) is 0 Å². The van der Waals surface area contributed by atoms with Crippen molar-refractivity contribution < 1.29 is 15.4 Å². The number of hydrogen-bond donors (Lipinski definition) is 3. The van der Waals surface area contributed by atoms with Crippen molar-refractivity contribution in [1.82, 2.24) is 5.32 Å². The van der Waals surface area contributed by atoms with E-state index >= 15 is 0 Å². The summed E-state index contributed by atoms with van der Waals surface area (Å²) in [5.41, 5.74) is 4.60. The summed E-state index contributed by atoms with van der Waals surface area (Å²) in [5.74, 6) is -0.881. The van der Waals surface area contributed by atoms with Gasteiger partial charge >= 0.3 is 5.97 Å². The second kappa shape index (κ2) is 3.66. The van der Waals surface area contributed by atoms with E-state index in [1.165, 1.54) is 0 Å². The van der Waals surface area contributed by atoms with Gasteiger partial charge < -0.3 is 21.6 Å². The fourth-order valence-electron chi connectivity index (χ4n) is 1.09. The molecule has 0 unspecified atom stereocenters. The monoisotopic (exact) mass is 162 g/mol. The van der Waals surface area contributed by atoms with Gasteiger partial charge in [0, 0.05) is 0 Å². The van der Waals surface area contributed by atoms with Gasteiger partial charge in [0.15, 0.2) is 0 Å². The Kier molecular flexibility index (Phi) is 3.44. The van der Waals surface area contributed by atoms with Crippen LogP contribution in [-0.4, -0.2) is 35.2 Å². The third kappa shape index (κ3) is 2.14. The number of piperidine rings is 1. The highest BCUT2D eigenvalue weighted by Crippen LogP contribution is 2.14. The summed E-state index contributed by atoms with van der Waals surface area (Å²) in [7, 11) is 0. The molecule has 5 nitrogen and oxygen atoms in total. The summed E-state index contributed by atoms with van der Waals surface area (Å²) in [5, 5.41) is 11.7. The van der Waals surface area contributed by atoms with Crippen molar-refractivity contribution in [2.24, 2.45) is 5.73 Å². The van der Waals surface area contributed by atoms with Crippen molar-refractivity contribution in [1.29, 1.82) is 0 Å². The average Bonchev–Trinajstić information content (AvgIpc) is 1.89. The van der Waals surface area contributed by atoms with Crippen molar-refractivity contribution in [3.05, 3.63) is 0 Å². The van der Waals surface area contributed by atoms with Gasteiger partial charge in [-0.2, -0.15) is 0 Å². The smallest absolute Gasteiger partial charge is 0.323 e. The van der Waals surface area contributed by atoms with Crippen molar-refractivity contribution in [2.75, 3.05) is 13.1 Å². The van der Waals surface area contributed by atoms with E-state index in [1.807, 2.05) is 0 Å². The minimum Gasteiger partial charge on any atom is -0.480 e. The Morgan fingerprint density at radius 3 is 2.18 bits per heavy atom. The standard InChI is InChI=1S/C6H12N2O2.H2O/c7-6(5(9)10)1-3-8-4-2-6;/h8H,1-4,7H2,(H,9,10);1H2. The molecule has 1 rings (SSSR count). The third-order valence-corrected chi connectivity index (χ3v) is 1.92. The number of carboxylic acids is 1. The minimum absolute atomic E-state index is 0. The molecule has 0 aromatic heterocycles. The number of carboxylic acid groups (broad SMARTS) is 1. The van der Waals surface area contributed by atoms with Gasteiger partial charge in [0.1, 0.15) is 5.54 Å². The molecule has 0 bridgehead atoms. The van der Waals surface area contributed by atoms with E-state index in [2.05, 4.69) is 5.32 Å². The van der Waals surface area contributed by atoms with Crippen molar-refractivity contribution in [3.63, 3.8) is 0 Å². The molecule has 0 radical (unpaired) electrons. The Hall–Kier alpha value is -0.650. The Labute approximate surface area is 64.9 Å². The van der Waals surface area contributed by atoms with E-state index in [0.717, 1.165) is 0 Å². The molecule has 0 saturated carbocycles. The molecule has 11 heavy (non-hydrogen) atoms. The van der Waals surface area contributed by atoms with Crippen LogP contribution >= 0.6 is 0 Å².